The average Bonchev–Trinajstić information content (AvgIpc) is 2.82. The van der Waals surface area contributed by atoms with Crippen molar-refractivity contribution in [1.29, 1.82) is 0 Å². The summed E-state index contributed by atoms with van der Waals surface area (Å²) in [5.41, 5.74) is 2.44. The Bertz CT molecular complexity index is 743. The lowest BCUT2D eigenvalue weighted by molar-refractivity contribution is 0.109. The van der Waals surface area contributed by atoms with Gasteiger partial charge in [-0.1, -0.05) is 35.3 Å². The van der Waals surface area contributed by atoms with Gasteiger partial charge in [-0.2, -0.15) is 10.2 Å². The number of rotatable bonds is 3. The van der Waals surface area contributed by atoms with Crippen molar-refractivity contribution in [2.75, 3.05) is 0 Å². The molecule has 6 heteroatoms. The van der Waals surface area contributed by atoms with Crippen LogP contribution in [0.25, 0.3) is 5.69 Å². The van der Waals surface area contributed by atoms with E-state index in [0.717, 1.165) is 16.9 Å². The summed E-state index contributed by atoms with van der Waals surface area (Å²) in [4.78, 5) is 0. The van der Waals surface area contributed by atoms with Gasteiger partial charge >= 0.3 is 0 Å². The van der Waals surface area contributed by atoms with Crippen LogP contribution in [-0.2, 0) is 0 Å². The van der Waals surface area contributed by atoms with Gasteiger partial charge in [-0.05, 0) is 52.2 Å². The molecule has 0 bridgehead atoms. The highest BCUT2D eigenvalue weighted by Gasteiger charge is 2.23. The van der Waals surface area contributed by atoms with Crippen molar-refractivity contribution >= 4 is 29.4 Å². The normalized spacial score (nSPS) is 21.6. The van der Waals surface area contributed by atoms with E-state index < -0.39 is 0 Å². The number of aryl methyl sites for hydroxylation is 1. The second-order valence-corrected chi connectivity index (χ2v) is 7.17. The number of piperidine rings is 1. The molecule has 1 aromatic carbocycles. The third kappa shape index (κ3) is 3.31. The van der Waals surface area contributed by atoms with E-state index in [1.807, 2.05) is 37.4 Å². The fourth-order valence-electron chi connectivity index (χ4n) is 3.20. The summed E-state index contributed by atoms with van der Waals surface area (Å²) in [6, 6.07) is 8.42. The fraction of sp³-hybridized carbons (Fsp3) is 0.444. The zero-order valence-corrected chi connectivity index (χ0v) is 15.7. The number of halogens is 2. The Morgan fingerprint density at radius 2 is 1.83 bits per heavy atom. The predicted octanol–water partition coefficient (Wildman–Crippen LogP) is 5.08. The first kappa shape index (κ1) is 17.3. The largest absolute Gasteiger partial charge is 0.292 e. The van der Waals surface area contributed by atoms with Gasteiger partial charge in [0, 0.05) is 12.1 Å². The van der Waals surface area contributed by atoms with E-state index in [1.165, 1.54) is 19.3 Å². The van der Waals surface area contributed by atoms with Crippen molar-refractivity contribution < 1.29 is 0 Å². The maximum atomic E-state index is 6.56. The molecule has 24 heavy (non-hydrogen) atoms. The summed E-state index contributed by atoms with van der Waals surface area (Å²) < 4.78 is 1.67. The third-order valence-corrected chi connectivity index (χ3v) is 5.28. The number of hydrogen-bond acceptors (Lipinski definition) is 3. The molecule has 0 saturated carbocycles. The molecule has 1 aromatic heterocycles. The van der Waals surface area contributed by atoms with E-state index in [4.69, 9.17) is 28.3 Å². The van der Waals surface area contributed by atoms with Gasteiger partial charge < -0.3 is 0 Å². The van der Waals surface area contributed by atoms with Crippen LogP contribution in [0.15, 0.2) is 29.4 Å². The number of hydrazone groups is 1. The monoisotopic (exact) mass is 364 g/mol. The molecule has 2 aromatic rings. The van der Waals surface area contributed by atoms with E-state index in [2.05, 4.69) is 24.0 Å². The minimum absolute atomic E-state index is 0.447. The van der Waals surface area contributed by atoms with E-state index >= 15 is 0 Å². The number of benzene rings is 1. The minimum Gasteiger partial charge on any atom is -0.292 e. The molecule has 3 rings (SSSR count). The fourth-order valence-corrected chi connectivity index (χ4v) is 3.73. The van der Waals surface area contributed by atoms with Crippen LogP contribution in [0.4, 0.5) is 0 Å². The number of aromatic nitrogens is 2. The first-order valence-electron chi connectivity index (χ1n) is 8.31. The van der Waals surface area contributed by atoms with Gasteiger partial charge in [0.05, 0.1) is 28.2 Å². The molecule has 0 amide bonds. The Balaban J connectivity index is 1.92. The van der Waals surface area contributed by atoms with Crippen molar-refractivity contribution in [3.05, 3.63) is 45.7 Å². The lowest BCUT2D eigenvalue weighted by Gasteiger charge is -2.36. The van der Waals surface area contributed by atoms with Crippen molar-refractivity contribution in [3.63, 3.8) is 0 Å². The van der Waals surface area contributed by atoms with Gasteiger partial charge in [-0.15, -0.1) is 0 Å². The minimum atomic E-state index is 0.447. The first-order valence-corrected chi connectivity index (χ1v) is 9.07. The highest BCUT2D eigenvalue weighted by Crippen LogP contribution is 2.27. The Morgan fingerprint density at radius 1 is 1.17 bits per heavy atom. The van der Waals surface area contributed by atoms with E-state index in [0.29, 0.717) is 22.3 Å². The van der Waals surface area contributed by atoms with Gasteiger partial charge in [-0.25, -0.2) is 4.68 Å². The quantitative estimate of drug-likeness (QED) is 0.711. The van der Waals surface area contributed by atoms with Crippen LogP contribution in [0, 0.1) is 6.92 Å². The van der Waals surface area contributed by atoms with Gasteiger partial charge in [0.2, 0.25) is 0 Å². The van der Waals surface area contributed by atoms with Crippen LogP contribution < -0.4 is 0 Å². The summed E-state index contributed by atoms with van der Waals surface area (Å²) in [5, 5.41) is 12.6. The Hall–Kier alpha value is -1.52. The van der Waals surface area contributed by atoms with E-state index in [1.54, 1.807) is 4.68 Å². The summed E-state index contributed by atoms with van der Waals surface area (Å²) in [7, 11) is 0. The lowest BCUT2D eigenvalue weighted by atomic mass is 10.00. The molecule has 0 N–H and O–H groups in total. The highest BCUT2D eigenvalue weighted by atomic mass is 35.5. The predicted molar refractivity (Wildman–Crippen MR) is 101 cm³/mol. The van der Waals surface area contributed by atoms with Crippen LogP contribution in [0.2, 0.25) is 10.2 Å². The van der Waals surface area contributed by atoms with Gasteiger partial charge in [0.25, 0.3) is 0 Å². The topological polar surface area (TPSA) is 33.4 Å². The van der Waals surface area contributed by atoms with Gasteiger partial charge in [0.15, 0.2) is 0 Å². The van der Waals surface area contributed by atoms with Crippen LogP contribution in [0.3, 0.4) is 0 Å². The molecular weight excluding hydrogens is 343 g/mol. The smallest absolute Gasteiger partial charge is 0.142 e. The number of para-hydroxylation sites is 1. The van der Waals surface area contributed by atoms with Gasteiger partial charge in [-0.3, -0.25) is 5.01 Å². The second-order valence-electron chi connectivity index (χ2n) is 6.41. The van der Waals surface area contributed by atoms with E-state index in [9.17, 15) is 0 Å². The Labute approximate surface area is 153 Å². The van der Waals surface area contributed by atoms with Crippen LogP contribution in [-0.4, -0.2) is 33.1 Å². The number of hydrogen-bond donors (Lipinski definition) is 0. The summed E-state index contributed by atoms with van der Waals surface area (Å²) in [6.45, 7) is 6.37. The van der Waals surface area contributed by atoms with Crippen LogP contribution >= 0.6 is 23.2 Å². The molecule has 2 heterocycles. The van der Waals surface area contributed by atoms with Crippen molar-refractivity contribution in [2.24, 2.45) is 5.10 Å². The molecule has 0 radical (unpaired) electrons. The standard InChI is InChI=1S/C18H22Cl2N4/c1-12-7-6-8-13(2)23(12)21-11-15-14(3)22-24(18(15)20)17-10-5-4-9-16(17)19/h4-5,9-13H,6-8H2,1-3H3. The molecule has 1 aliphatic heterocycles. The molecule has 128 valence electrons. The molecular formula is C18H22Cl2N4. The molecule has 1 aliphatic rings. The average molecular weight is 365 g/mol. The third-order valence-electron chi connectivity index (χ3n) is 4.60. The Morgan fingerprint density at radius 3 is 2.50 bits per heavy atom. The molecule has 0 spiro atoms. The molecule has 0 aliphatic carbocycles. The van der Waals surface area contributed by atoms with Crippen molar-refractivity contribution in [3.8, 4) is 5.69 Å². The summed E-state index contributed by atoms with van der Waals surface area (Å²) in [6.07, 6.45) is 5.44. The first-order chi connectivity index (χ1) is 11.5. The molecule has 2 atom stereocenters. The van der Waals surface area contributed by atoms with E-state index in [-0.39, 0.29) is 0 Å². The molecule has 1 fully saturated rings. The van der Waals surface area contributed by atoms with Crippen molar-refractivity contribution in [1.82, 2.24) is 14.8 Å². The summed E-state index contributed by atoms with van der Waals surface area (Å²) >= 11 is 12.8. The maximum absolute atomic E-state index is 6.56. The maximum Gasteiger partial charge on any atom is 0.142 e. The molecule has 1 saturated heterocycles. The zero-order valence-electron chi connectivity index (χ0n) is 14.2. The second kappa shape index (κ2) is 7.16. The van der Waals surface area contributed by atoms with Crippen LogP contribution in [0.5, 0.6) is 0 Å². The zero-order chi connectivity index (χ0) is 17.3. The highest BCUT2D eigenvalue weighted by molar-refractivity contribution is 6.34. The lowest BCUT2D eigenvalue weighted by Crippen LogP contribution is -2.39. The molecule has 2 unspecified atom stereocenters. The summed E-state index contributed by atoms with van der Waals surface area (Å²) in [5.74, 6) is 0. The molecule has 4 nitrogen and oxygen atoms in total. The Kier molecular flexibility index (Phi) is 5.16. The SMILES string of the molecule is Cc1nn(-c2ccccc2Cl)c(Cl)c1C=NN1C(C)CCCC1C. The number of nitrogens with zero attached hydrogens (tertiary/aromatic N) is 4. The van der Waals surface area contributed by atoms with Crippen molar-refractivity contribution in [2.45, 2.75) is 52.1 Å². The van der Waals surface area contributed by atoms with Crippen LogP contribution in [0.1, 0.15) is 44.4 Å². The van der Waals surface area contributed by atoms with Gasteiger partial charge in [0.1, 0.15) is 5.15 Å².